The van der Waals surface area contributed by atoms with Gasteiger partial charge >= 0.3 is 5.97 Å². The van der Waals surface area contributed by atoms with Gasteiger partial charge in [0.05, 0.1) is 26.2 Å². The molecule has 23 heavy (non-hydrogen) atoms. The Kier molecular flexibility index (Phi) is 11.7. The highest BCUT2D eigenvalue weighted by Crippen LogP contribution is 2.17. The van der Waals surface area contributed by atoms with Crippen LogP contribution in [0.15, 0.2) is 0 Å². The highest BCUT2D eigenvalue weighted by atomic mass is 16.6. The fourth-order valence-electron chi connectivity index (χ4n) is 1.60. The van der Waals surface area contributed by atoms with Crippen molar-refractivity contribution in [2.45, 2.75) is 59.9 Å². The lowest BCUT2D eigenvalue weighted by atomic mass is 9.93. The molecule has 0 saturated carbocycles. The van der Waals surface area contributed by atoms with Crippen LogP contribution in [0, 0.1) is 5.41 Å². The SMILES string of the molecule is CC(C)NC(=O)CCC(=O)OCCOCCOCCC(C)(C)C. The van der Waals surface area contributed by atoms with Gasteiger partial charge in [-0.05, 0) is 25.7 Å². The molecule has 0 atom stereocenters. The minimum absolute atomic E-state index is 0.0811. The van der Waals surface area contributed by atoms with Gasteiger partial charge in [-0.1, -0.05) is 20.8 Å². The highest BCUT2D eigenvalue weighted by Gasteiger charge is 2.09. The van der Waals surface area contributed by atoms with Gasteiger partial charge in [-0.2, -0.15) is 0 Å². The smallest absolute Gasteiger partial charge is 0.306 e. The first kappa shape index (κ1) is 21.9. The lowest BCUT2D eigenvalue weighted by Gasteiger charge is -2.17. The third-order valence-electron chi connectivity index (χ3n) is 2.86. The predicted molar refractivity (Wildman–Crippen MR) is 89.2 cm³/mol. The third kappa shape index (κ3) is 17.1. The maximum atomic E-state index is 11.4. The van der Waals surface area contributed by atoms with Crippen molar-refractivity contribution in [2.75, 3.05) is 33.0 Å². The zero-order valence-electron chi connectivity index (χ0n) is 15.3. The second-order valence-electron chi connectivity index (χ2n) is 6.98. The molecule has 0 rings (SSSR count). The summed E-state index contributed by atoms with van der Waals surface area (Å²) in [6.07, 6.45) is 1.25. The van der Waals surface area contributed by atoms with Gasteiger partial charge in [0.2, 0.25) is 5.91 Å². The monoisotopic (exact) mass is 331 g/mol. The average molecular weight is 331 g/mol. The lowest BCUT2D eigenvalue weighted by Crippen LogP contribution is -2.30. The van der Waals surface area contributed by atoms with E-state index < -0.39 is 0 Å². The van der Waals surface area contributed by atoms with E-state index in [0.717, 1.165) is 13.0 Å². The van der Waals surface area contributed by atoms with Gasteiger partial charge in [-0.25, -0.2) is 0 Å². The van der Waals surface area contributed by atoms with E-state index in [1.165, 1.54) is 0 Å². The van der Waals surface area contributed by atoms with Gasteiger partial charge in [0.1, 0.15) is 6.61 Å². The fraction of sp³-hybridized carbons (Fsp3) is 0.882. The molecule has 0 aliphatic rings. The molecule has 6 nitrogen and oxygen atoms in total. The number of esters is 1. The van der Waals surface area contributed by atoms with Crippen LogP contribution in [-0.4, -0.2) is 51.0 Å². The quantitative estimate of drug-likeness (QED) is 0.439. The first-order valence-electron chi connectivity index (χ1n) is 8.31. The third-order valence-corrected chi connectivity index (χ3v) is 2.86. The van der Waals surface area contributed by atoms with E-state index in [1.54, 1.807) is 0 Å². The first-order valence-corrected chi connectivity index (χ1v) is 8.31. The van der Waals surface area contributed by atoms with Crippen molar-refractivity contribution in [1.82, 2.24) is 5.32 Å². The Hall–Kier alpha value is -1.14. The summed E-state index contributed by atoms with van der Waals surface area (Å²) >= 11 is 0. The molecule has 136 valence electrons. The molecule has 0 heterocycles. The summed E-state index contributed by atoms with van der Waals surface area (Å²) in [5, 5.41) is 2.72. The second-order valence-corrected chi connectivity index (χ2v) is 6.98. The Morgan fingerprint density at radius 3 is 2.04 bits per heavy atom. The molecule has 0 aromatic carbocycles. The van der Waals surface area contributed by atoms with E-state index in [1.807, 2.05) is 13.8 Å². The van der Waals surface area contributed by atoms with Crippen LogP contribution in [0.1, 0.15) is 53.9 Å². The predicted octanol–water partition coefficient (Wildman–Crippen LogP) is 2.30. The van der Waals surface area contributed by atoms with Crippen molar-refractivity contribution >= 4 is 11.9 Å². The van der Waals surface area contributed by atoms with E-state index in [0.29, 0.717) is 19.8 Å². The van der Waals surface area contributed by atoms with E-state index in [4.69, 9.17) is 14.2 Å². The van der Waals surface area contributed by atoms with Gasteiger partial charge in [-0.15, -0.1) is 0 Å². The molecule has 6 heteroatoms. The minimum Gasteiger partial charge on any atom is -0.463 e. The van der Waals surface area contributed by atoms with Crippen LogP contribution in [0.3, 0.4) is 0 Å². The molecule has 0 aliphatic heterocycles. The van der Waals surface area contributed by atoms with Gasteiger partial charge in [0.15, 0.2) is 0 Å². The van der Waals surface area contributed by atoms with Crippen molar-refractivity contribution in [1.29, 1.82) is 0 Å². The molecule has 0 fully saturated rings. The van der Waals surface area contributed by atoms with E-state index >= 15 is 0 Å². The van der Waals surface area contributed by atoms with E-state index in [9.17, 15) is 9.59 Å². The minimum atomic E-state index is -0.381. The standard InChI is InChI=1S/C17H33NO5/c1-14(2)18-15(19)6-7-16(20)23-13-12-22-11-10-21-9-8-17(3,4)5/h14H,6-13H2,1-5H3,(H,18,19). The molecule has 0 bridgehead atoms. The van der Waals surface area contributed by atoms with Crippen LogP contribution >= 0.6 is 0 Å². The van der Waals surface area contributed by atoms with Crippen molar-refractivity contribution in [3.63, 3.8) is 0 Å². The molecule has 0 aromatic heterocycles. The van der Waals surface area contributed by atoms with Crippen LogP contribution in [0.4, 0.5) is 0 Å². The molecule has 0 saturated heterocycles. The number of carbonyl (C=O) groups is 2. The summed E-state index contributed by atoms with van der Waals surface area (Å²) in [7, 11) is 0. The van der Waals surface area contributed by atoms with Crippen LogP contribution < -0.4 is 5.32 Å². The van der Waals surface area contributed by atoms with Gasteiger partial charge in [-0.3, -0.25) is 9.59 Å². The van der Waals surface area contributed by atoms with Crippen molar-refractivity contribution in [3.05, 3.63) is 0 Å². The summed E-state index contributed by atoms with van der Waals surface area (Å²) in [4.78, 5) is 22.8. The molecule has 1 N–H and O–H groups in total. The first-order chi connectivity index (χ1) is 10.7. The molecular formula is C17H33NO5. The van der Waals surface area contributed by atoms with Gasteiger partial charge in [0, 0.05) is 19.1 Å². The Bertz CT molecular complexity index is 336. The summed E-state index contributed by atoms with van der Waals surface area (Å²) < 4.78 is 15.8. The van der Waals surface area contributed by atoms with Gasteiger partial charge < -0.3 is 19.5 Å². The average Bonchev–Trinajstić information content (AvgIpc) is 2.41. The number of rotatable bonds is 12. The number of hydrogen-bond donors (Lipinski definition) is 1. The van der Waals surface area contributed by atoms with Gasteiger partial charge in [0.25, 0.3) is 0 Å². The molecule has 0 aliphatic carbocycles. The number of carbonyl (C=O) groups excluding carboxylic acids is 2. The van der Waals surface area contributed by atoms with Crippen LogP contribution in [0.5, 0.6) is 0 Å². The van der Waals surface area contributed by atoms with Crippen LogP contribution in [-0.2, 0) is 23.8 Å². The maximum absolute atomic E-state index is 11.4. The van der Waals surface area contributed by atoms with Crippen molar-refractivity contribution < 1.29 is 23.8 Å². The molecule has 0 unspecified atom stereocenters. The number of ether oxygens (including phenoxy) is 3. The Labute approximate surface area is 140 Å². The van der Waals surface area contributed by atoms with Crippen LogP contribution in [0.2, 0.25) is 0 Å². The molecule has 0 aromatic rings. The Morgan fingerprint density at radius 1 is 0.913 bits per heavy atom. The van der Waals surface area contributed by atoms with E-state index in [-0.39, 0.29) is 42.8 Å². The summed E-state index contributed by atoms with van der Waals surface area (Å²) in [6, 6.07) is 0.0811. The van der Waals surface area contributed by atoms with Crippen molar-refractivity contribution in [3.8, 4) is 0 Å². The fourth-order valence-corrected chi connectivity index (χ4v) is 1.60. The summed E-state index contributed by atoms with van der Waals surface area (Å²) in [5.74, 6) is -0.519. The maximum Gasteiger partial charge on any atom is 0.306 e. The normalized spacial score (nSPS) is 11.6. The lowest BCUT2D eigenvalue weighted by molar-refractivity contribution is -0.146. The Morgan fingerprint density at radius 2 is 1.48 bits per heavy atom. The van der Waals surface area contributed by atoms with Crippen LogP contribution in [0.25, 0.3) is 0 Å². The molecule has 0 spiro atoms. The molecular weight excluding hydrogens is 298 g/mol. The van der Waals surface area contributed by atoms with Crippen molar-refractivity contribution in [2.24, 2.45) is 5.41 Å². The zero-order valence-corrected chi connectivity index (χ0v) is 15.3. The summed E-state index contributed by atoms with van der Waals surface area (Å²) in [6.45, 7) is 12.6. The molecule has 1 amide bonds. The zero-order chi connectivity index (χ0) is 17.7. The summed E-state index contributed by atoms with van der Waals surface area (Å²) in [5.41, 5.74) is 0.279. The second kappa shape index (κ2) is 12.3. The number of amides is 1. The Balaban J connectivity index is 3.38. The number of nitrogens with one attached hydrogen (secondary N) is 1. The topological polar surface area (TPSA) is 73.9 Å². The highest BCUT2D eigenvalue weighted by molar-refractivity contribution is 5.81. The van der Waals surface area contributed by atoms with E-state index in [2.05, 4.69) is 26.1 Å². The number of hydrogen-bond acceptors (Lipinski definition) is 5. The largest absolute Gasteiger partial charge is 0.463 e. The molecule has 0 radical (unpaired) electrons.